The van der Waals surface area contributed by atoms with Crippen LogP contribution in [0.2, 0.25) is 0 Å². The molecular weight excluding hydrogens is 368 g/mol. The van der Waals surface area contributed by atoms with Gasteiger partial charge < -0.3 is 20.4 Å². The van der Waals surface area contributed by atoms with Gasteiger partial charge in [-0.3, -0.25) is 9.59 Å². The summed E-state index contributed by atoms with van der Waals surface area (Å²) in [5, 5.41) is 5.90. The number of carbonyl (C=O) groups excluding carboxylic acids is 2. The molecule has 2 aliphatic heterocycles. The van der Waals surface area contributed by atoms with Gasteiger partial charge in [0.2, 0.25) is 11.9 Å². The highest BCUT2D eigenvalue weighted by Gasteiger charge is 2.36. The second-order valence-electron chi connectivity index (χ2n) is 7.51. The van der Waals surface area contributed by atoms with Crippen molar-refractivity contribution >= 4 is 29.3 Å². The molecular formula is C21H26N6O2. The lowest BCUT2D eigenvalue weighted by molar-refractivity contribution is -0.114. The third kappa shape index (κ3) is 4.01. The van der Waals surface area contributed by atoms with Crippen molar-refractivity contribution in [3.63, 3.8) is 0 Å². The predicted molar refractivity (Wildman–Crippen MR) is 112 cm³/mol. The third-order valence-corrected chi connectivity index (χ3v) is 5.35. The summed E-state index contributed by atoms with van der Waals surface area (Å²) in [4.78, 5) is 37.6. The number of carbonyl (C=O) groups is 2. The molecule has 2 aliphatic rings. The van der Waals surface area contributed by atoms with Gasteiger partial charge in [0.15, 0.2) is 0 Å². The zero-order chi connectivity index (χ0) is 20.4. The van der Waals surface area contributed by atoms with Crippen LogP contribution in [0, 0.1) is 0 Å². The molecule has 0 aliphatic carbocycles. The number of benzene rings is 1. The number of nitrogens with zero attached hydrogens (tertiary/aromatic N) is 4. The fraction of sp³-hybridized carbons (Fsp3) is 0.429. The van der Waals surface area contributed by atoms with Crippen LogP contribution in [-0.2, 0) is 11.3 Å². The highest BCUT2D eigenvalue weighted by Crippen LogP contribution is 2.32. The second kappa shape index (κ2) is 8.06. The van der Waals surface area contributed by atoms with Gasteiger partial charge in [-0.25, -0.2) is 4.98 Å². The molecule has 4 rings (SSSR count). The zero-order valence-corrected chi connectivity index (χ0v) is 16.8. The van der Waals surface area contributed by atoms with Gasteiger partial charge in [-0.05, 0) is 37.5 Å². The first-order chi connectivity index (χ1) is 14.0. The fourth-order valence-electron chi connectivity index (χ4n) is 4.05. The van der Waals surface area contributed by atoms with E-state index in [4.69, 9.17) is 0 Å². The predicted octanol–water partition coefficient (Wildman–Crippen LogP) is 2.49. The van der Waals surface area contributed by atoms with Crippen LogP contribution in [0.25, 0.3) is 0 Å². The van der Waals surface area contributed by atoms with Crippen molar-refractivity contribution in [1.29, 1.82) is 0 Å². The van der Waals surface area contributed by atoms with Crippen molar-refractivity contribution in [2.75, 3.05) is 35.2 Å². The maximum atomic E-state index is 13.3. The first-order valence-electron chi connectivity index (χ1n) is 10.1. The topological polar surface area (TPSA) is 90.5 Å². The van der Waals surface area contributed by atoms with Gasteiger partial charge in [0.1, 0.15) is 11.4 Å². The molecule has 1 aromatic heterocycles. The van der Waals surface area contributed by atoms with Crippen LogP contribution < -0.4 is 15.5 Å². The van der Waals surface area contributed by atoms with E-state index in [1.165, 1.54) is 6.92 Å². The van der Waals surface area contributed by atoms with Crippen LogP contribution in [0.1, 0.15) is 42.6 Å². The quantitative estimate of drug-likeness (QED) is 0.810. The van der Waals surface area contributed by atoms with Crippen molar-refractivity contribution in [2.45, 2.75) is 39.3 Å². The van der Waals surface area contributed by atoms with Crippen LogP contribution in [0.3, 0.4) is 0 Å². The van der Waals surface area contributed by atoms with Gasteiger partial charge in [-0.1, -0.05) is 12.1 Å². The summed E-state index contributed by atoms with van der Waals surface area (Å²) >= 11 is 0. The van der Waals surface area contributed by atoms with E-state index in [1.807, 2.05) is 36.1 Å². The minimum absolute atomic E-state index is 0.0385. The van der Waals surface area contributed by atoms with Crippen molar-refractivity contribution < 1.29 is 9.59 Å². The molecule has 1 unspecified atom stereocenters. The van der Waals surface area contributed by atoms with E-state index in [0.29, 0.717) is 24.6 Å². The van der Waals surface area contributed by atoms with E-state index < -0.39 is 0 Å². The van der Waals surface area contributed by atoms with Crippen LogP contribution in [0.4, 0.5) is 17.5 Å². The number of hydrogen-bond acceptors (Lipinski definition) is 6. The minimum atomic E-state index is -0.102. The number of anilines is 3. The summed E-state index contributed by atoms with van der Waals surface area (Å²) in [6, 6.07) is 7.88. The number of amides is 2. The Labute approximate surface area is 170 Å². The Hall–Kier alpha value is -3.16. The summed E-state index contributed by atoms with van der Waals surface area (Å²) < 4.78 is 0. The summed E-state index contributed by atoms with van der Waals surface area (Å²) in [5.74, 6) is 1.16. The molecule has 2 amide bonds. The molecule has 2 aromatic rings. The molecule has 1 aromatic carbocycles. The molecule has 3 heterocycles. The normalized spacial score (nSPS) is 18.1. The lowest BCUT2D eigenvalue weighted by atomic mass is 10.1. The lowest BCUT2D eigenvalue weighted by Crippen LogP contribution is -2.39. The summed E-state index contributed by atoms with van der Waals surface area (Å²) in [7, 11) is 0. The van der Waals surface area contributed by atoms with E-state index >= 15 is 0 Å². The van der Waals surface area contributed by atoms with Crippen LogP contribution in [0.15, 0.2) is 30.5 Å². The Balaban J connectivity index is 1.60. The molecule has 152 valence electrons. The smallest absolute Gasteiger partial charge is 0.259 e. The van der Waals surface area contributed by atoms with Gasteiger partial charge in [0.25, 0.3) is 5.91 Å². The maximum Gasteiger partial charge on any atom is 0.259 e. The minimum Gasteiger partial charge on any atom is -0.354 e. The van der Waals surface area contributed by atoms with Crippen LogP contribution in [0.5, 0.6) is 0 Å². The highest BCUT2D eigenvalue weighted by molar-refractivity contribution is 5.99. The van der Waals surface area contributed by atoms with E-state index in [9.17, 15) is 9.59 Å². The van der Waals surface area contributed by atoms with Gasteiger partial charge in [-0.15, -0.1) is 0 Å². The number of fused-ring (bicyclic) bond motifs is 3. The molecule has 1 saturated heterocycles. The molecule has 8 nitrogen and oxygen atoms in total. The van der Waals surface area contributed by atoms with E-state index in [2.05, 4.69) is 25.5 Å². The largest absolute Gasteiger partial charge is 0.354 e. The van der Waals surface area contributed by atoms with Crippen molar-refractivity contribution in [1.82, 2.24) is 14.9 Å². The number of aromatic nitrogens is 2. The number of nitrogens with one attached hydrogen (secondary N) is 2. The Morgan fingerprint density at radius 2 is 2.07 bits per heavy atom. The number of hydrogen-bond donors (Lipinski definition) is 2. The molecule has 29 heavy (non-hydrogen) atoms. The Bertz CT molecular complexity index is 914. The van der Waals surface area contributed by atoms with Crippen molar-refractivity contribution in [3.05, 3.63) is 41.6 Å². The first-order valence-corrected chi connectivity index (χ1v) is 10.1. The van der Waals surface area contributed by atoms with Gasteiger partial charge >= 0.3 is 0 Å². The molecule has 8 heteroatoms. The molecule has 1 fully saturated rings. The molecule has 0 radical (unpaired) electrons. The first kappa shape index (κ1) is 19.2. The van der Waals surface area contributed by atoms with Gasteiger partial charge in [0, 0.05) is 51.0 Å². The highest BCUT2D eigenvalue weighted by atomic mass is 16.2. The molecule has 2 N–H and O–H groups in total. The van der Waals surface area contributed by atoms with Gasteiger partial charge in [0.05, 0.1) is 0 Å². The molecule has 0 spiro atoms. The van der Waals surface area contributed by atoms with E-state index in [1.54, 1.807) is 6.20 Å². The number of rotatable bonds is 5. The molecule has 1 atom stereocenters. The van der Waals surface area contributed by atoms with Gasteiger partial charge in [-0.2, -0.15) is 4.98 Å². The van der Waals surface area contributed by atoms with E-state index in [-0.39, 0.29) is 17.9 Å². The zero-order valence-electron chi connectivity index (χ0n) is 16.8. The van der Waals surface area contributed by atoms with Crippen molar-refractivity contribution in [2.24, 2.45) is 0 Å². The SMILES string of the molecule is CCNc1ncc2c(n1)N1CCCC1CN(Cc1ccc(NC(C)=O)cc1)C2=O. The second-order valence-corrected chi connectivity index (χ2v) is 7.51. The Morgan fingerprint density at radius 1 is 1.28 bits per heavy atom. The third-order valence-electron chi connectivity index (χ3n) is 5.35. The van der Waals surface area contributed by atoms with Crippen molar-refractivity contribution in [3.8, 4) is 0 Å². The van der Waals surface area contributed by atoms with Crippen LogP contribution >= 0.6 is 0 Å². The average molecular weight is 394 g/mol. The van der Waals surface area contributed by atoms with E-state index in [0.717, 1.165) is 43.0 Å². The lowest BCUT2D eigenvalue weighted by Gasteiger charge is -2.27. The standard InChI is InChI=1S/C21H26N6O2/c1-3-22-21-23-11-18-19(25-21)27-10-4-5-17(27)13-26(20(18)29)12-15-6-8-16(9-7-15)24-14(2)28/h6-9,11,17H,3-5,10,12-13H2,1-2H3,(H,24,28)(H,22,23,25). The maximum absolute atomic E-state index is 13.3. The average Bonchev–Trinajstić information content (AvgIpc) is 3.12. The fourth-order valence-corrected chi connectivity index (χ4v) is 4.05. The molecule has 0 saturated carbocycles. The summed E-state index contributed by atoms with van der Waals surface area (Å²) in [5.41, 5.74) is 2.33. The molecule has 0 bridgehead atoms. The Morgan fingerprint density at radius 3 is 2.79 bits per heavy atom. The van der Waals surface area contributed by atoms with Crippen LogP contribution in [-0.4, -0.2) is 52.4 Å². The summed E-state index contributed by atoms with van der Waals surface area (Å²) in [6.07, 6.45) is 3.79. The monoisotopic (exact) mass is 394 g/mol. The summed E-state index contributed by atoms with van der Waals surface area (Å²) in [6.45, 7) is 6.30. The Kier molecular flexibility index (Phi) is 5.33.